The van der Waals surface area contributed by atoms with Gasteiger partial charge in [-0.3, -0.25) is 4.79 Å². The first-order chi connectivity index (χ1) is 14.1. The average molecular weight is 369 g/mol. The van der Waals surface area contributed by atoms with Crippen LogP contribution >= 0.6 is 0 Å². The van der Waals surface area contributed by atoms with E-state index in [4.69, 9.17) is 5.48 Å². The summed E-state index contributed by atoms with van der Waals surface area (Å²) in [6.07, 6.45) is 6.51. The van der Waals surface area contributed by atoms with Gasteiger partial charge < -0.3 is 20.1 Å². The second-order valence-electron chi connectivity index (χ2n) is 5.44. The zero-order valence-electron chi connectivity index (χ0n) is 19.4. The Labute approximate surface area is 162 Å². The van der Waals surface area contributed by atoms with E-state index in [0.717, 1.165) is 0 Å². The van der Waals surface area contributed by atoms with Crippen LogP contribution in [0.5, 0.6) is 0 Å². The summed E-state index contributed by atoms with van der Waals surface area (Å²) >= 11 is 0. The summed E-state index contributed by atoms with van der Waals surface area (Å²) in [5, 5.41) is 29.2. The van der Waals surface area contributed by atoms with Crippen molar-refractivity contribution in [3.8, 4) is 0 Å². The number of esters is 1. The molecule has 3 atom stereocenters. The molecule has 0 saturated heterocycles. The molecule has 0 bridgehead atoms. The second kappa shape index (κ2) is 16.5. The van der Waals surface area contributed by atoms with E-state index in [9.17, 15) is 20.1 Å². The topological polar surface area (TPSA) is 87.0 Å². The van der Waals surface area contributed by atoms with Crippen molar-refractivity contribution in [2.45, 2.75) is 57.3 Å². The normalized spacial score (nSPS) is 20.0. The van der Waals surface area contributed by atoms with Crippen molar-refractivity contribution in [3.63, 3.8) is 0 Å². The molecule has 26 heavy (non-hydrogen) atoms. The van der Waals surface area contributed by atoms with E-state index in [1.807, 2.05) is 0 Å². The van der Waals surface area contributed by atoms with Crippen molar-refractivity contribution in [1.29, 1.82) is 0 Å². The average Bonchev–Trinajstić information content (AvgIpc) is 2.73. The van der Waals surface area contributed by atoms with E-state index in [2.05, 4.69) is 4.74 Å². The maximum absolute atomic E-state index is 11.0. The zero-order valence-corrected chi connectivity index (χ0v) is 15.4. The summed E-state index contributed by atoms with van der Waals surface area (Å²) in [5.41, 5.74) is 0. The number of methoxy groups -OCH3 is 1. The Morgan fingerprint density at radius 1 is 1.04 bits per heavy atom. The Balaban J connectivity index is 4.68. The van der Waals surface area contributed by atoms with E-state index in [1.165, 1.54) is 43.6 Å². The van der Waals surface area contributed by atoms with Crippen LogP contribution in [-0.4, -0.2) is 46.7 Å². The summed E-state index contributed by atoms with van der Waals surface area (Å²) in [6, 6.07) is -0.655. The molecule has 0 amide bonds. The second-order valence-corrected chi connectivity index (χ2v) is 5.44. The summed E-state index contributed by atoms with van der Waals surface area (Å²) in [4.78, 5) is 11.0. The van der Waals surface area contributed by atoms with Gasteiger partial charge in [0.1, 0.15) is 0 Å². The molecule has 5 heteroatoms. The first kappa shape index (κ1) is 17.5. The summed E-state index contributed by atoms with van der Waals surface area (Å²) < 4.78 is 35.6. The Hall–Kier alpha value is -1.95. The van der Waals surface area contributed by atoms with Gasteiger partial charge in [0, 0.05) is 6.42 Å². The molecule has 0 fully saturated rings. The predicted octanol–water partition coefficient (Wildman–Crippen LogP) is 2.99. The molecule has 0 aromatic rings. The maximum atomic E-state index is 11.0. The molecule has 3 N–H and O–H groups in total. The van der Waals surface area contributed by atoms with E-state index in [1.54, 1.807) is 6.92 Å². The maximum Gasteiger partial charge on any atom is 0.305 e. The van der Waals surface area contributed by atoms with Gasteiger partial charge in [-0.25, -0.2) is 0 Å². The van der Waals surface area contributed by atoms with Crippen LogP contribution in [0.4, 0.5) is 0 Å². The molecule has 0 radical (unpaired) electrons. The lowest BCUT2D eigenvalue weighted by Crippen LogP contribution is -2.05. The molecule has 146 valence electrons. The SMILES string of the molecule is [2H]C(C=C[C@H](O)CC)=C([2H])C[C@@H](O)C=CC=CC([2H])=C([2H])[C@@H](O)CCCC(=O)OC. The smallest absolute Gasteiger partial charge is 0.305 e. The van der Waals surface area contributed by atoms with Crippen molar-refractivity contribution in [1.82, 2.24) is 0 Å². The minimum absolute atomic E-state index is 0.0814. The zero-order chi connectivity index (χ0) is 23.1. The van der Waals surface area contributed by atoms with Crippen LogP contribution in [0.2, 0.25) is 0 Å². The highest BCUT2D eigenvalue weighted by Gasteiger charge is 2.03. The van der Waals surface area contributed by atoms with Crippen LogP contribution in [0.1, 0.15) is 44.5 Å². The molecular formula is C21H32O5. The van der Waals surface area contributed by atoms with Gasteiger partial charge in [-0.2, -0.15) is 0 Å². The minimum Gasteiger partial charge on any atom is -0.469 e. The first-order valence-corrected chi connectivity index (χ1v) is 8.60. The van der Waals surface area contributed by atoms with Crippen LogP contribution in [-0.2, 0) is 9.53 Å². The molecule has 0 aromatic carbocycles. The van der Waals surface area contributed by atoms with Crippen molar-refractivity contribution < 1.29 is 30.3 Å². The van der Waals surface area contributed by atoms with Gasteiger partial charge in [0.15, 0.2) is 0 Å². The summed E-state index contributed by atoms with van der Waals surface area (Å²) in [5.74, 6) is -0.398. The molecule has 0 aliphatic heterocycles. The number of hydrogen-bond acceptors (Lipinski definition) is 5. The van der Waals surface area contributed by atoms with Gasteiger partial charge in [-0.05, 0) is 25.7 Å². The Morgan fingerprint density at radius 2 is 1.77 bits per heavy atom. The van der Waals surface area contributed by atoms with Gasteiger partial charge in [0.2, 0.25) is 0 Å². The molecular weight excluding hydrogens is 332 g/mol. The molecule has 0 spiro atoms. The van der Waals surface area contributed by atoms with E-state index >= 15 is 0 Å². The molecule has 0 heterocycles. The fourth-order valence-corrected chi connectivity index (χ4v) is 1.64. The molecule has 5 nitrogen and oxygen atoms in total. The molecule has 0 unspecified atom stereocenters. The van der Waals surface area contributed by atoms with Crippen LogP contribution in [0.3, 0.4) is 0 Å². The van der Waals surface area contributed by atoms with Gasteiger partial charge >= 0.3 is 5.97 Å². The van der Waals surface area contributed by atoms with Crippen LogP contribution in [0.15, 0.2) is 60.7 Å². The third-order valence-corrected chi connectivity index (χ3v) is 3.19. The Kier molecular flexibility index (Phi) is 11.1. The fraction of sp³-hybridized carbons (Fsp3) is 0.476. The molecule has 0 aromatic heterocycles. The molecule has 0 saturated carbocycles. The number of carbonyl (C=O) groups is 1. The standard InChI is InChI=1S/C21H32O5/c1-3-18(22)12-9-6-10-15-19(23)13-7-4-5-8-14-20(24)16-11-17-21(25)26-2/h4-10,12-14,18-20,22-24H,3,11,15-17H2,1-2H3/t18-,19+,20-/m1/s1/i6D,8D,10D,14D. The van der Waals surface area contributed by atoms with Crippen LogP contribution in [0.25, 0.3) is 0 Å². The van der Waals surface area contributed by atoms with Crippen LogP contribution < -0.4 is 0 Å². The van der Waals surface area contributed by atoms with Crippen molar-refractivity contribution >= 4 is 5.97 Å². The third-order valence-electron chi connectivity index (χ3n) is 3.19. The van der Waals surface area contributed by atoms with Crippen molar-refractivity contribution in [2.75, 3.05) is 7.11 Å². The van der Waals surface area contributed by atoms with Gasteiger partial charge in [-0.1, -0.05) is 67.6 Å². The molecule has 0 rings (SSSR count). The van der Waals surface area contributed by atoms with Gasteiger partial charge in [-0.15, -0.1) is 0 Å². The lowest BCUT2D eigenvalue weighted by Gasteiger charge is -2.03. The van der Waals surface area contributed by atoms with Gasteiger partial charge in [0.05, 0.1) is 30.9 Å². The fourth-order valence-electron chi connectivity index (χ4n) is 1.64. The van der Waals surface area contributed by atoms with E-state index < -0.39 is 24.3 Å². The highest BCUT2D eigenvalue weighted by Crippen LogP contribution is 2.03. The van der Waals surface area contributed by atoms with E-state index in [-0.39, 0.29) is 43.5 Å². The van der Waals surface area contributed by atoms with Crippen molar-refractivity contribution in [3.05, 3.63) is 60.7 Å². The number of ether oxygens (including phenoxy) is 1. The third kappa shape index (κ3) is 15.6. The lowest BCUT2D eigenvalue weighted by molar-refractivity contribution is -0.140. The molecule has 0 aliphatic rings. The van der Waals surface area contributed by atoms with Crippen LogP contribution in [0, 0.1) is 0 Å². The van der Waals surface area contributed by atoms with Gasteiger partial charge in [0.25, 0.3) is 0 Å². The van der Waals surface area contributed by atoms with Crippen molar-refractivity contribution in [2.24, 2.45) is 0 Å². The minimum atomic E-state index is -1.16. The summed E-state index contributed by atoms with van der Waals surface area (Å²) in [6.45, 7) is 1.79. The Morgan fingerprint density at radius 3 is 2.46 bits per heavy atom. The first-order valence-electron chi connectivity index (χ1n) is 10.6. The highest BCUT2D eigenvalue weighted by atomic mass is 16.5. The predicted molar refractivity (Wildman–Crippen MR) is 104 cm³/mol. The quantitative estimate of drug-likeness (QED) is 0.344. The number of aliphatic hydroxyl groups is 3. The monoisotopic (exact) mass is 368 g/mol. The number of carbonyl (C=O) groups excluding carboxylic acids is 1. The largest absolute Gasteiger partial charge is 0.469 e. The lowest BCUT2D eigenvalue weighted by atomic mass is 10.1. The number of hydrogen-bond donors (Lipinski definition) is 3. The number of allylic oxidation sites excluding steroid dienone is 6. The highest BCUT2D eigenvalue weighted by molar-refractivity contribution is 5.68. The number of rotatable bonds is 13. The summed E-state index contributed by atoms with van der Waals surface area (Å²) in [7, 11) is 1.27. The molecule has 0 aliphatic carbocycles. The number of aliphatic hydroxyl groups excluding tert-OH is 3. The van der Waals surface area contributed by atoms with E-state index in [0.29, 0.717) is 12.8 Å². The Bertz CT molecular complexity index is 683.